The summed E-state index contributed by atoms with van der Waals surface area (Å²) in [6, 6.07) is 17.8. The molecule has 2 aliphatic heterocycles. The van der Waals surface area contributed by atoms with Crippen LogP contribution in [0.3, 0.4) is 0 Å². The van der Waals surface area contributed by atoms with E-state index in [1.165, 1.54) is 5.57 Å². The average Bonchev–Trinajstić information content (AvgIpc) is 2.87. The third kappa shape index (κ3) is 7.01. The van der Waals surface area contributed by atoms with E-state index in [9.17, 15) is 14.7 Å². The maximum atomic E-state index is 13.3. The van der Waals surface area contributed by atoms with Crippen LogP contribution in [-0.4, -0.2) is 57.9 Å². The molecule has 0 saturated carbocycles. The number of carbonyl (C=O) groups is 2. The zero-order valence-corrected chi connectivity index (χ0v) is 24.1. The fraction of sp³-hybridized carbons (Fsp3) is 0.500. The van der Waals surface area contributed by atoms with Crippen molar-refractivity contribution in [3.63, 3.8) is 0 Å². The molecule has 2 aromatic rings. The topological polar surface area (TPSA) is 79.3 Å². The first-order valence-electron chi connectivity index (χ1n) is 13.8. The Bertz CT molecular complexity index is 1190. The molecule has 7 nitrogen and oxygen atoms in total. The van der Waals surface area contributed by atoms with Crippen LogP contribution < -0.4 is 0 Å². The van der Waals surface area contributed by atoms with Gasteiger partial charge in [0.05, 0.1) is 11.6 Å². The highest BCUT2D eigenvalue weighted by Crippen LogP contribution is 2.42. The second kappa shape index (κ2) is 11.0. The van der Waals surface area contributed by atoms with Gasteiger partial charge in [0, 0.05) is 32.5 Å². The van der Waals surface area contributed by atoms with Gasteiger partial charge in [-0.3, -0.25) is 0 Å². The van der Waals surface area contributed by atoms with Crippen molar-refractivity contribution < 1.29 is 24.2 Å². The monoisotopic (exact) mass is 534 g/mol. The number of aliphatic hydroxyl groups is 1. The van der Waals surface area contributed by atoms with Gasteiger partial charge in [-0.1, -0.05) is 60.7 Å². The minimum Gasteiger partial charge on any atom is -0.444 e. The molecule has 210 valence electrons. The van der Waals surface area contributed by atoms with Crippen molar-refractivity contribution in [2.24, 2.45) is 0 Å². The van der Waals surface area contributed by atoms with E-state index in [0.717, 1.165) is 23.1 Å². The van der Waals surface area contributed by atoms with Gasteiger partial charge in [-0.2, -0.15) is 0 Å². The highest BCUT2D eigenvalue weighted by Gasteiger charge is 2.46. The third-order valence-corrected chi connectivity index (χ3v) is 7.38. The largest absolute Gasteiger partial charge is 0.444 e. The number of ether oxygens (including phenoxy) is 2. The number of hydrogen-bond acceptors (Lipinski definition) is 5. The molecule has 1 fully saturated rings. The molecular formula is C32H42N2O5. The van der Waals surface area contributed by atoms with Gasteiger partial charge in [0.15, 0.2) is 0 Å². The lowest BCUT2D eigenvalue weighted by Crippen LogP contribution is -2.51. The predicted molar refractivity (Wildman–Crippen MR) is 152 cm³/mol. The molecule has 2 heterocycles. The molecule has 1 saturated heterocycles. The van der Waals surface area contributed by atoms with E-state index in [2.05, 4.69) is 30.3 Å². The number of rotatable bonds is 6. The van der Waals surface area contributed by atoms with Crippen LogP contribution in [-0.2, 0) is 15.1 Å². The Kier molecular flexibility index (Phi) is 8.12. The minimum atomic E-state index is -0.989. The highest BCUT2D eigenvalue weighted by atomic mass is 16.6. The first-order valence-corrected chi connectivity index (χ1v) is 13.8. The Hall–Kier alpha value is -3.32. The van der Waals surface area contributed by atoms with Gasteiger partial charge >= 0.3 is 12.2 Å². The van der Waals surface area contributed by atoms with E-state index >= 15 is 0 Å². The second-order valence-electron chi connectivity index (χ2n) is 12.4. The number of nitrogens with zero attached hydrogens (tertiary/aromatic N) is 2. The van der Waals surface area contributed by atoms with Crippen molar-refractivity contribution in [3.05, 3.63) is 77.4 Å². The Balaban J connectivity index is 1.42. The Morgan fingerprint density at radius 1 is 1.05 bits per heavy atom. The van der Waals surface area contributed by atoms with Crippen molar-refractivity contribution in [2.75, 3.05) is 19.6 Å². The smallest absolute Gasteiger partial charge is 0.411 e. The van der Waals surface area contributed by atoms with E-state index in [4.69, 9.17) is 9.47 Å². The van der Waals surface area contributed by atoms with Crippen LogP contribution >= 0.6 is 0 Å². The minimum absolute atomic E-state index is 0.162. The lowest BCUT2D eigenvalue weighted by molar-refractivity contribution is -0.101. The van der Waals surface area contributed by atoms with Crippen LogP contribution in [0.5, 0.6) is 0 Å². The molecule has 0 spiro atoms. The molecule has 1 N–H and O–H groups in total. The van der Waals surface area contributed by atoms with Gasteiger partial charge < -0.3 is 24.4 Å². The fourth-order valence-corrected chi connectivity index (χ4v) is 5.47. The lowest BCUT2D eigenvalue weighted by atomic mass is 9.80. The van der Waals surface area contributed by atoms with E-state index in [1.54, 1.807) is 23.6 Å². The summed E-state index contributed by atoms with van der Waals surface area (Å²) >= 11 is 0. The molecule has 0 aromatic heterocycles. The first-order chi connectivity index (χ1) is 18.3. The molecule has 0 aliphatic carbocycles. The molecule has 2 amide bonds. The summed E-state index contributed by atoms with van der Waals surface area (Å²) in [4.78, 5) is 29.2. The maximum Gasteiger partial charge on any atom is 0.411 e. The predicted octanol–water partition coefficient (Wildman–Crippen LogP) is 6.67. The van der Waals surface area contributed by atoms with Crippen LogP contribution in [0.2, 0.25) is 0 Å². The number of carbonyl (C=O) groups excluding carboxylic acids is 2. The molecular weight excluding hydrogens is 492 g/mol. The molecule has 2 aliphatic rings. The van der Waals surface area contributed by atoms with Gasteiger partial charge in [0.25, 0.3) is 0 Å². The summed E-state index contributed by atoms with van der Waals surface area (Å²) in [7, 11) is 0. The van der Waals surface area contributed by atoms with Crippen molar-refractivity contribution in [1.82, 2.24) is 9.80 Å². The number of cyclic esters (lactones) is 1. The Morgan fingerprint density at radius 2 is 1.72 bits per heavy atom. The molecule has 4 rings (SSSR count). The first kappa shape index (κ1) is 28.7. The van der Waals surface area contributed by atoms with Crippen LogP contribution in [0.4, 0.5) is 9.59 Å². The van der Waals surface area contributed by atoms with Crippen LogP contribution in [0.15, 0.2) is 60.7 Å². The Morgan fingerprint density at radius 3 is 2.26 bits per heavy atom. The summed E-state index contributed by atoms with van der Waals surface area (Å²) < 4.78 is 11.6. The molecule has 0 unspecified atom stereocenters. The quantitative estimate of drug-likeness (QED) is 0.448. The van der Waals surface area contributed by atoms with Crippen LogP contribution in [0, 0.1) is 0 Å². The van der Waals surface area contributed by atoms with Gasteiger partial charge in [-0.25, -0.2) is 9.59 Å². The van der Waals surface area contributed by atoms with Gasteiger partial charge in [0.1, 0.15) is 11.2 Å². The summed E-state index contributed by atoms with van der Waals surface area (Å²) in [5, 5.41) is 10.6. The normalized spacial score (nSPS) is 21.2. The number of amides is 2. The second-order valence-corrected chi connectivity index (χ2v) is 12.4. The van der Waals surface area contributed by atoms with Gasteiger partial charge in [-0.15, -0.1) is 0 Å². The fourth-order valence-electron chi connectivity index (χ4n) is 5.47. The van der Waals surface area contributed by atoms with E-state index in [0.29, 0.717) is 32.5 Å². The van der Waals surface area contributed by atoms with Crippen molar-refractivity contribution in [2.45, 2.75) is 83.6 Å². The van der Waals surface area contributed by atoms with Crippen molar-refractivity contribution in [1.29, 1.82) is 0 Å². The molecule has 0 radical (unpaired) electrons. The molecule has 0 bridgehead atoms. The SMILES string of the molecule is C[C@@H](c1ccc(C2=CCN(C(=O)OC(C)(C)C)CC2)cc1)N1CC[C@](CC(C)(C)O)(c2ccccc2)OC1=O. The van der Waals surface area contributed by atoms with Crippen LogP contribution in [0.1, 0.15) is 83.5 Å². The summed E-state index contributed by atoms with van der Waals surface area (Å²) in [6.45, 7) is 12.8. The van der Waals surface area contributed by atoms with Crippen LogP contribution in [0.25, 0.3) is 5.57 Å². The molecule has 2 aromatic carbocycles. The van der Waals surface area contributed by atoms with Gasteiger partial charge in [0.2, 0.25) is 0 Å². The summed E-state index contributed by atoms with van der Waals surface area (Å²) in [5.74, 6) is 0. The summed E-state index contributed by atoms with van der Waals surface area (Å²) in [6.07, 6.45) is 3.11. The highest BCUT2D eigenvalue weighted by molar-refractivity contribution is 5.73. The van der Waals surface area contributed by atoms with E-state index in [1.807, 2.05) is 58.0 Å². The molecule has 2 atom stereocenters. The number of benzene rings is 2. The lowest BCUT2D eigenvalue weighted by Gasteiger charge is -2.45. The third-order valence-electron chi connectivity index (χ3n) is 7.38. The number of hydrogen-bond donors (Lipinski definition) is 1. The zero-order chi connectivity index (χ0) is 28.4. The zero-order valence-electron chi connectivity index (χ0n) is 24.1. The van der Waals surface area contributed by atoms with E-state index < -0.39 is 16.8 Å². The maximum absolute atomic E-state index is 13.3. The van der Waals surface area contributed by atoms with Gasteiger partial charge in [-0.05, 0) is 70.2 Å². The standard InChI is InChI=1S/C32H42N2O5/c1-23(34-21-18-32(39-29(34)36,22-31(5,6)37)27-10-8-7-9-11-27)24-12-14-25(15-13-24)26-16-19-33(20-17-26)28(35)38-30(2,3)4/h7-16,23,37H,17-22H2,1-6H3/t23-,32-/m0/s1. The van der Waals surface area contributed by atoms with Crippen molar-refractivity contribution >= 4 is 17.8 Å². The summed E-state index contributed by atoms with van der Waals surface area (Å²) in [5.41, 5.74) is 1.89. The molecule has 39 heavy (non-hydrogen) atoms. The van der Waals surface area contributed by atoms with Crippen molar-refractivity contribution in [3.8, 4) is 0 Å². The average molecular weight is 535 g/mol. The molecule has 7 heteroatoms. The van der Waals surface area contributed by atoms with E-state index in [-0.39, 0.29) is 18.2 Å². The Labute approximate surface area is 232 Å².